The van der Waals surface area contributed by atoms with Crippen molar-refractivity contribution >= 4 is 0 Å². The van der Waals surface area contributed by atoms with Gasteiger partial charge in [-0.25, -0.2) is 0 Å². The lowest BCUT2D eigenvalue weighted by Gasteiger charge is -1.96. The van der Waals surface area contributed by atoms with Crippen molar-refractivity contribution in [3.63, 3.8) is 0 Å². The van der Waals surface area contributed by atoms with Gasteiger partial charge >= 0.3 is 0 Å². The van der Waals surface area contributed by atoms with E-state index in [1.54, 1.807) is 0 Å². The molecular weight excluding hydrogens is 110 g/mol. The highest BCUT2D eigenvalue weighted by molar-refractivity contribution is 4.94. The van der Waals surface area contributed by atoms with E-state index in [-0.39, 0.29) is 0 Å². The van der Waals surface area contributed by atoms with Crippen LogP contribution in [0.2, 0.25) is 0 Å². The number of hydrogen-bond acceptors (Lipinski definition) is 1. The molecule has 54 valence electrons. The first-order valence-corrected chi connectivity index (χ1v) is 3.63. The average Bonchev–Trinajstić information content (AvgIpc) is 1.89. The van der Waals surface area contributed by atoms with Crippen molar-refractivity contribution in [2.45, 2.75) is 33.1 Å². The zero-order valence-electron chi connectivity index (χ0n) is 6.48. The summed E-state index contributed by atoms with van der Waals surface area (Å²) in [4.78, 5) is 0. The van der Waals surface area contributed by atoms with Crippen LogP contribution in [0.25, 0.3) is 0 Å². The van der Waals surface area contributed by atoms with Crippen molar-refractivity contribution in [1.82, 2.24) is 0 Å². The van der Waals surface area contributed by atoms with Gasteiger partial charge in [-0.15, -0.1) is 0 Å². The van der Waals surface area contributed by atoms with Gasteiger partial charge in [0, 0.05) is 0 Å². The standard InChI is InChI=1S/C8H17N/c1-3-8(2)6-4-5-7-9/h3H,4-7,9H2,1-2H3/b8-3+. The second kappa shape index (κ2) is 5.83. The number of hydrogen-bond donors (Lipinski definition) is 1. The molecule has 0 radical (unpaired) electrons. The van der Waals surface area contributed by atoms with E-state index in [2.05, 4.69) is 19.9 Å². The van der Waals surface area contributed by atoms with Gasteiger partial charge in [-0.1, -0.05) is 11.6 Å². The van der Waals surface area contributed by atoms with E-state index in [0.29, 0.717) is 0 Å². The van der Waals surface area contributed by atoms with Crippen molar-refractivity contribution in [2.24, 2.45) is 5.73 Å². The smallest absolute Gasteiger partial charge is 0.00772 e. The summed E-state index contributed by atoms with van der Waals surface area (Å²) in [6.07, 6.45) is 5.78. The maximum atomic E-state index is 5.34. The zero-order valence-corrected chi connectivity index (χ0v) is 6.48. The van der Waals surface area contributed by atoms with Crippen LogP contribution in [-0.2, 0) is 0 Å². The van der Waals surface area contributed by atoms with E-state index in [1.807, 2.05) is 0 Å². The predicted molar refractivity (Wildman–Crippen MR) is 42.3 cm³/mol. The minimum atomic E-state index is 0.830. The van der Waals surface area contributed by atoms with Crippen LogP contribution in [-0.4, -0.2) is 6.54 Å². The maximum Gasteiger partial charge on any atom is -0.00772 e. The largest absolute Gasteiger partial charge is 0.330 e. The summed E-state index contributed by atoms with van der Waals surface area (Å²) in [5, 5.41) is 0. The molecule has 0 rings (SSSR count). The van der Waals surface area contributed by atoms with Crippen LogP contribution in [0.15, 0.2) is 11.6 Å². The van der Waals surface area contributed by atoms with E-state index < -0.39 is 0 Å². The zero-order chi connectivity index (χ0) is 7.11. The van der Waals surface area contributed by atoms with Crippen LogP contribution >= 0.6 is 0 Å². The Hall–Kier alpha value is -0.300. The van der Waals surface area contributed by atoms with Gasteiger partial charge in [-0.2, -0.15) is 0 Å². The molecule has 0 aromatic carbocycles. The fourth-order valence-corrected chi connectivity index (χ4v) is 0.693. The van der Waals surface area contributed by atoms with E-state index >= 15 is 0 Å². The Labute approximate surface area is 57.9 Å². The van der Waals surface area contributed by atoms with Gasteiger partial charge < -0.3 is 5.73 Å². The van der Waals surface area contributed by atoms with Crippen LogP contribution < -0.4 is 5.73 Å². The van der Waals surface area contributed by atoms with Crippen molar-refractivity contribution < 1.29 is 0 Å². The summed E-state index contributed by atoms with van der Waals surface area (Å²) in [5.74, 6) is 0. The van der Waals surface area contributed by atoms with Crippen molar-refractivity contribution in [3.05, 3.63) is 11.6 Å². The fraction of sp³-hybridized carbons (Fsp3) is 0.750. The Kier molecular flexibility index (Phi) is 5.64. The Bertz CT molecular complexity index is 84.6. The van der Waals surface area contributed by atoms with Gasteiger partial charge in [0.15, 0.2) is 0 Å². The summed E-state index contributed by atoms with van der Waals surface area (Å²) in [6.45, 7) is 5.07. The topological polar surface area (TPSA) is 26.0 Å². The molecule has 0 unspecified atom stereocenters. The maximum absolute atomic E-state index is 5.34. The van der Waals surface area contributed by atoms with Gasteiger partial charge in [0.1, 0.15) is 0 Å². The van der Waals surface area contributed by atoms with E-state index in [1.165, 1.54) is 18.4 Å². The SMILES string of the molecule is C/C=C(\C)CCCCN. The van der Waals surface area contributed by atoms with E-state index in [4.69, 9.17) is 5.73 Å². The van der Waals surface area contributed by atoms with Crippen molar-refractivity contribution in [3.8, 4) is 0 Å². The Balaban J connectivity index is 3.07. The van der Waals surface area contributed by atoms with E-state index in [9.17, 15) is 0 Å². The molecule has 0 saturated heterocycles. The van der Waals surface area contributed by atoms with Crippen LogP contribution in [0.1, 0.15) is 33.1 Å². The number of rotatable bonds is 4. The van der Waals surface area contributed by atoms with Gasteiger partial charge in [-0.3, -0.25) is 0 Å². The monoisotopic (exact) mass is 127 g/mol. The molecule has 1 nitrogen and oxygen atoms in total. The number of nitrogens with two attached hydrogens (primary N) is 1. The first-order valence-electron chi connectivity index (χ1n) is 3.63. The predicted octanol–water partition coefficient (Wildman–Crippen LogP) is 2.08. The average molecular weight is 127 g/mol. The van der Waals surface area contributed by atoms with Crippen molar-refractivity contribution in [2.75, 3.05) is 6.54 Å². The summed E-state index contributed by atoms with van der Waals surface area (Å²) in [5.41, 5.74) is 6.81. The summed E-state index contributed by atoms with van der Waals surface area (Å²) in [6, 6.07) is 0. The third-order valence-electron chi connectivity index (χ3n) is 1.52. The lowest BCUT2D eigenvalue weighted by molar-refractivity contribution is 0.739. The lowest BCUT2D eigenvalue weighted by Crippen LogP contribution is -1.97. The fourth-order valence-electron chi connectivity index (χ4n) is 0.693. The van der Waals surface area contributed by atoms with Crippen LogP contribution in [0, 0.1) is 0 Å². The molecule has 1 heteroatoms. The van der Waals surface area contributed by atoms with E-state index in [0.717, 1.165) is 13.0 Å². The molecule has 0 bridgehead atoms. The molecule has 0 amide bonds. The summed E-state index contributed by atoms with van der Waals surface area (Å²) >= 11 is 0. The molecule has 2 N–H and O–H groups in total. The third-order valence-corrected chi connectivity index (χ3v) is 1.52. The minimum absolute atomic E-state index is 0.830. The first kappa shape index (κ1) is 8.70. The Morgan fingerprint density at radius 3 is 2.56 bits per heavy atom. The third kappa shape index (κ3) is 5.57. The molecule has 0 aromatic heterocycles. The van der Waals surface area contributed by atoms with Gasteiger partial charge in [0.25, 0.3) is 0 Å². The van der Waals surface area contributed by atoms with Crippen LogP contribution in [0.5, 0.6) is 0 Å². The Morgan fingerprint density at radius 2 is 2.11 bits per heavy atom. The number of allylic oxidation sites excluding steroid dienone is 2. The molecule has 0 aliphatic heterocycles. The van der Waals surface area contributed by atoms with Crippen molar-refractivity contribution in [1.29, 1.82) is 0 Å². The molecular formula is C8H17N. The summed E-state index contributed by atoms with van der Waals surface area (Å²) < 4.78 is 0. The molecule has 0 aliphatic rings. The molecule has 0 fully saturated rings. The molecule has 0 atom stereocenters. The highest BCUT2D eigenvalue weighted by Crippen LogP contribution is 2.04. The van der Waals surface area contributed by atoms with Gasteiger partial charge in [0.2, 0.25) is 0 Å². The summed E-state index contributed by atoms with van der Waals surface area (Å²) in [7, 11) is 0. The quantitative estimate of drug-likeness (QED) is 0.454. The van der Waals surface area contributed by atoms with Gasteiger partial charge in [0.05, 0.1) is 0 Å². The van der Waals surface area contributed by atoms with Gasteiger partial charge in [-0.05, 0) is 39.7 Å². The molecule has 0 heterocycles. The second-order valence-electron chi connectivity index (χ2n) is 2.38. The first-order chi connectivity index (χ1) is 4.31. The molecule has 0 spiro atoms. The highest BCUT2D eigenvalue weighted by Gasteiger charge is 1.86. The molecule has 0 aromatic rings. The molecule has 9 heavy (non-hydrogen) atoms. The van der Waals surface area contributed by atoms with Crippen LogP contribution in [0.4, 0.5) is 0 Å². The normalized spacial score (nSPS) is 12.1. The Morgan fingerprint density at radius 1 is 1.44 bits per heavy atom. The highest BCUT2D eigenvalue weighted by atomic mass is 14.5. The molecule has 0 aliphatic carbocycles. The number of unbranched alkanes of at least 4 members (excludes halogenated alkanes) is 1. The minimum Gasteiger partial charge on any atom is -0.330 e. The lowest BCUT2D eigenvalue weighted by atomic mass is 10.1. The van der Waals surface area contributed by atoms with Crippen LogP contribution in [0.3, 0.4) is 0 Å². The molecule has 0 saturated carbocycles. The second-order valence-corrected chi connectivity index (χ2v) is 2.38.